The molecule has 1 N–H and O–H groups in total. The van der Waals surface area contributed by atoms with Gasteiger partial charge in [-0.25, -0.2) is 5.43 Å². The van der Waals surface area contributed by atoms with Gasteiger partial charge in [-0.1, -0.05) is 58.4 Å². The topological polar surface area (TPSA) is 59.9 Å². The number of halogens is 2. The molecule has 0 aliphatic heterocycles. The van der Waals surface area contributed by atoms with Crippen LogP contribution >= 0.6 is 31.9 Å². The Morgan fingerprint density at radius 1 is 1.15 bits per heavy atom. The summed E-state index contributed by atoms with van der Waals surface area (Å²) in [7, 11) is 1.54. The molecule has 0 radical (unpaired) electrons. The highest BCUT2D eigenvalue weighted by Crippen LogP contribution is 2.38. The van der Waals surface area contributed by atoms with Crippen molar-refractivity contribution in [2.24, 2.45) is 5.10 Å². The zero-order chi connectivity index (χ0) is 19.2. The number of hydrazone groups is 1. The Kier molecular flexibility index (Phi) is 6.47. The summed E-state index contributed by atoms with van der Waals surface area (Å²) in [6, 6.07) is 17.5. The van der Waals surface area contributed by atoms with Crippen molar-refractivity contribution in [1.29, 1.82) is 0 Å². The number of carbonyl (C=O) groups excluding carboxylic acids is 1. The molecule has 0 saturated heterocycles. The number of benzene rings is 3. The van der Waals surface area contributed by atoms with E-state index in [0.29, 0.717) is 16.0 Å². The minimum Gasteiger partial charge on any atom is -0.493 e. The zero-order valence-electron chi connectivity index (χ0n) is 14.4. The van der Waals surface area contributed by atoms with Crippen LogP contribution in [0.15, 0.2) is 68.6 Å². The second kappa shape index (κ2) is 9.01. The lowest BCUT2D eigenvalue weighted by molar-refractivity contribution is -0.123. The van der Waals surface area contributed by atoms with Crippen molar-refractivity contribution < 1.29 is 14.3 Å². The third-order valence-electron chi connectivity index (χ3n) is 3.76. The van der Waals surface area contributed by atoms with Crippen LogP contribution in [-0.2, 0) is 4.79 Å². The van der Waals surface area contributed by atoms with Gasteiger partial charge in [0.05, 0.1) is 17.8 Å². The fourth-order valence-corrected chi connectivity index (χ4v) is 3.84. The van der Waals surface area contributed by atoms with Crippen LogP contribution < -0.4 is 14.9 Å². The molecule has 0 fully saturated rings. The van der Waals surface area contributed by atoms with Gasteiger partial charge in [0.2, 0.25) is 0 Å². The van der Waals surface area contributed by atoms with Gasteiger partial charge in [-0.05, 0) is 38.8 Å². The van der Waals surface area contributed by atoms with Gasteiger partial charge in [0.15, 0.2) is 18.1 Å². The van der Waals surface area contributed by atoms with Crippen LogP contribution in [0.2, 0.25) is 0 Å². The molecular formula is C20H16Br2N2O3. The van der Waals surface area contributed by atoms with Crippen LogP contribution in [-0.4, -0.2) is 25.8 Å². The molecule has 5 nitrogen and oxygen atoms in total. The molecule has 27 heavy (non-hydrogen) atoms. The molecule has 0 unspecified atom stereocenters. The molecule has 138 valence electrons. The van der Waals surface area contributed by atoms with Gasteiger partial charge >= 0.3 is 0 Å². The number of fused-ring (bicyclic) bond motifs is 1. The van der Waals surface area contributed by atoms with E-state index in [1.165, 1.54) is 7.11 Å². The summed E-state index contributed by atoms with van der Waals surface area (Å²) in [6.07, 6.45) is 1.62. The van der Waals surface area contributed by atoms with Crippen molar-refractivity contribution in [3.05, 3.63) is 69.1 Å². The zero-order valence-corrected chi connectivity index (χ0v) is 17.6. The molecule has 0 heterocycles. The monoisotopic (exact) mass is 490 g/mol. The molecule has 0 aliphatic carbocycles. The molecule has 3 aromatic carbocycles. The third kappa shape index (κ3) is 4.87. The van der Waals surface area contributed by atoms with Crippen LogP contribution in [0.4, 0.5) is 0 Å². The molecule has 0 aromatic heterocycles. The highest BCUT2D eigenvalue weighted by molar-refractivity contribution is 9.11. The minimum atomic E-state index is -0.372. The maximum atomic E-state index is 12.0. The van der Waals surface area contributed by atoms with Crippen LogP contribution in [0, 0.1) is 0 Å². The van der Waals surface area contributed by atoms with E-state index in [9.17, 15) is 4.79 Å². The lowest BCUT2D eigenvalue weighted by atomic mass is 10.1. The molecular weight excluding hydrogens is 476 g/mol. The summed E-state index contributed by atoms with van der Waals surface area (Å²) < 4.78 is 12.4. The Hall–Kier alpha value is -2.38. The van der Waals surface area contributed by atoms with E-state index in [-0.39, 0.29) is 12.5 Å². The summed E-state index contributed by atoms with van der Waals surface area (Å²) in [5.74, 6) is 0.598. The standard InChI is InChI=1S/C20H16Br2N2O3/c1-26-18-10-15(21)9-17(22)20(18)27-12-19(25)24-23-11-14-7-4-6-13-5-2-3-8-16(13)14/h2-11H,12H2,1H3,(H,24,25)/b23-11+. The average molecular weight is 492 g/mol. The van der Waals surface area contributed by atoms with Crippen molar-refractivity contribution >= 4 is 54.8 Å². The first-order valence-electron chi connectivity index (χ1n) is 8.04. The predicted octanol–water partition coefficient (Wildman–Crippen LogP) is 4.90. The molecule has 0 bridgehead atoms. The molecule has 0 atom stereocenters. The predicted molar refractivity (Wildman–Crippen MR) is 114 cm³/mol. The van der Waals surface area contributed by atoms with E-state index >= 15 is 0 Å². The van der Waals surface area contributed by atoms with Crippen molar-refractivity contribution in [3.63, 3.8) is 0 Å². The Balaban J connectivity index is 1.63. The smallest absolute Gasteiger partial charge is 0.277 e. The first kappa shape index (κ1) is 19.4. The van der Waals surface area contributed by atoms with Gasteiger partial charge in [0.25, 0.3) is 5.91 Å². The van der Waals surface area contributed by atoms with Crippen LogP contribution in [0.1, 0.15) is 5.56 Å². The van der Waals surface area contributed by atoms with Gasteiger partial charge < -0.3 is 9.47 Å². The molecule has 7 heteroatoms. The number of nitrogens with one attached hydrogen (secondary N) is 1. The number of nitrogens with zero attached hydrogens (tertiary/aromatic N) is 1. The second-order valence-corrected chi connectivity index (χ2v) is 7.34. The molecule has 3 rings (SSSR count). The highest BCUT2D eigenvalue weighted by Gasteiger charge is 2.12. The van der Waals surface area contributed by atoms with Gasteiger partial charge in [-0.15, -0.1) is 0 Å². The first-order valence-corrected chi connectivity index (χ1v) is 9.62. The number of rotatable bonds is 6. The van der Waals surface area contributed by atoms with Crippen LogP contribution in [0.5, 0.6) is 11.5 Å². The molecule has 1 amide bonds. The summed E-state index contributed by atoms with van der Waals surface area (Å²) >= 11 is 6.78. The SMILES string of the molecule is COc1cc(Br)cc(Br)c1OCC(=O)N/N=C/c1cccc2ccccc12. The van der Waals surface area contributed by atoms with Gasteiger partial charge in [-0.3, -0.25) is 4.79 Å². The van der Waals surface area contributed by atoms with Gasteiger partial charge in [-0.2, -0.15) is 5.10 Å². The maximum absolute atomic E-state index is 12.0. The summed E-state index contributed by atoms with van der Waals surface area (Å²) in [4.78, 5) is 12.0. The number of amides is 1. The molecule has 0 spiro atoms. The van der Waals surface area contributed by atoms with E-state index in [1.807, 2.05) is 48.5 Å². The van der Waals surface area contributed by atoms with Crippen molar-refractivity contribution in [2.45, 2.75) is 0 Å². The quantitative estimate of drug-likeness (QED) is 0.394. The van der Waals surface area contributed by atoms with E-state index < -0.39 is 0 Å². The Morgan fingerprint density at radius 2 is 1.93 bits per heavy atom. The molecule has 0 saturated carbocycles. The largest absolute Gasteiger partial charge is 0.493 e. The Bertz CT molecular complexity index is 1000. The van der Waals surface area contributed by atoms with Gasteiger partial charge in [0.1, 0.15) is 0 Å². The number of ether oxygens (including phenoxy) is 2. The summed E-state index contributed by atoms with van der Waals surface area (Å²) in [5.41, 5.74) is 3.40. The fraction of sp³-hybridized carbons (Fsp3) is 0.100. The Morgan fingerprint density at radius 3 is 2.74 bits per heavy atom. The van der Waals surface area contributed by atoms with Crippen molar-refractivity contribution in [2.75, 3.05) is 13.7 Å². The second-order valence-electron chi connectivity index (χ2n) is 5.57. The fourth-order valence-electron chi connectivity index (χ4n) is 2.54. The van der Waals surface area contributed by atoms with Crippen LogP contribution in [0.3, 0.4) is 0 Å². The number of hydrogen-bond acceptors (Lipinski definition) is 4. The van der Waals surface area contributed by atoms with E-state index in [0.717, 1.165) is 20.8 Å². The average Bonchev–Trinajstić information content (AvgIpc) is 2.67. The lowest BCUT2D eigenvalue weighted by Crippen LogP contribution is -2.24. The number of methoxy groups -OCH3 is 1. The van der Waals surface area contributed by atoms with Crippen LogP contribution in [0.25, 0.3) is 10.8 Å². The molecule has 0 aliphatic rings. The normalized spacial score (nSPS) is 10.9. The maximum Gasteiger partial charge on any atom is 0.277 e. The number of carbonyl (C=O) groups is 1. The third-order valence-corrected chi connectivity index (χ3v) is 4.80. The summed E-state index contributed by atoms with van der Waals surface area (Å²) in [6.45, 7) is -0.191. The molecule has 3 aromatic rings. The minimum absolute atomic E-state index is 0.191. The van der Waals surface area contributed by atoms with E-state index in [4.69, 9.17) is 9.47 Å². The number of hydrogen-bond donors (Lipinski definition) is 1. The van der Waals surface area contributed by atoms with Crippen molar-refractivity contribution in [3.8, 4) is 11.5 Å². The van der Waals surface area contributed by atoms with E-state index in [1.54, 1.807) is 12.3 Å². The van der Waals surface area contributed by atoms with Gasteiger partial charge in [0, 0.05) is 10.0 Å². The first-order chi connectivity index (χ1) is 13.1. The van der Waals surface area contributed by atoms with E-state index in [2.05, 4.69) is 42.4 Å². The highest BCUT2D eigenvalue weighted by atomic mass is 79.9. The lowest BCUT2D eigenvalue weighted by Gasteiger charge is -2.12. The summed E-state index contributed by atoms with van der Waals surface area (Å²) in [5, 5.41) is 6.21. The van der Waals surface area contributed by atoms with Crippen molar-refractivity contribution in [1.82, 2.24) is 5.43 Å². The Labute approximate surface area is 173 Å².